The lowest BCUT2D eigenvalue weighted by Crippen LogP contribution is -2.25. The predicted molar refractivity (Wildman–Crippen MR) is 148 cm³/mol. The maximum atomic E-state index is 14.8. The highest BCUT2D eigenvalue weighted by molar-refractivity contribution is 5.64. The molecule has 2 unspecified atom stereocenters. The number of alkyl halides is 2. The number of hydrogen-bond acceptors (Lipinski definition) is 1. The Kier molecular flexibility index (Phi) is 9.19. The van der Waals surface area contributed by atoms with Crippen molar-refractivity contribution in [1.82, 2.24) is 0 Å². The van der Waals surface area contributed by atoms with Crippen LogP contribution in [-0.4, -0.2) is 0 Å². The monoisotopic (exact) mass is 592 g/mol. The predicted octanol–water partition coefficient (Wildman–Crippen LogP) is 11.1. The van der Waals surface area contributed by atoms with Crippen molar-refractivity contribution in [2.45, 2.75) is 83.2 Å². The molecule has 3 aromatic carbocycles. The van der Waals surface area contributed by atoms with Gasteiger partial charge in [0, 0.05) is 12.1 Å². The van der Waals surface area contributed by atoms with Gasteiger partial charge in [-0.25, -0.2) is 22.0 Å². The number of benzene rings is 3. The topological polar surface area (TPSA) is 9.23 Å². The third-order valence-corrected chi connectivity index (χ3v) is 9.40. The van der Waals surface area contributed by atoms with Crippen molar-refractivity contribution in [1.29, 1.82) is 0 Å². The molecule has 2 fully saturated rings. The molecule has 2 aliphatic rings. The largest absolute Gasteiger partial charge is 0.432 e. The minimum Gasteiger partial charge on any atom is -0.429 e. The van der Waals surface area contributed by atoms with Crippen LogP contribution in [0.4, 0.5) is 30.7 Å². The first-order chi connectivity index (χ1) is 20.1. The van der Waals surface area contributed by atoms with E-state index in [9.17, 15) is 30.7 Å². The van der Waals surface area contributed by atoms with Gasteiger partial charge in [-0.05, 0) is 84.6 Å². The summed E-state index contributed by atoms with van der Waals surface area (Å²) < 4.78 is 103. The lowest BCUT2D eigenvalue weighted by atomic mass is 9.72. The average molecular weight is 593 g/mol. The van der Waals surface area contributed by atoms with E-state index >= 15 is 0 Å². The number of rotatable bonds is 7. The van der Waals surface area contributed by atoms with Crippen LogP contribution >= 0.6 is 0 Å². The molecular formula is C34H35F7O. The Labute approximate surface area is 242 Å². The van der Waals surface area contributed by atoms with Crippen molar-refractivity contribution in [3.8, 4) is 16.9 Å². The quantitative estimate of drug-likeness (QED) is 0.151. The zero-order valence-electron chi connectivity index (χ0n) is 23.6. The Morgan fingerprint density at radius 1 is 0.667 bits per heavy atom. The highest BCUT2D eigenvalue weighted by Crippen LogP contribution is 2.44. The molecule has 0 radical (unpaired) electrons. The van der Waals surface area contributed by atoms with Crippen molar-refractivity contribution >= 4 is 0 Å². The van der Waals surface area contributed by atoms with Gasteiger partial charge in [-0.1, -0.05) is 63.3 Å². The van der Waals surface area contributed by atoms with E-state index in [1.54, 1.807) is 12.1 Å². The zero-order valence-corrected chi connectivity index (χ0v) is 23.6. The SMILES string of the molecule is CCC1CCCC(C2CCC(c3ccc(-c4cc(F)c(C(F)(F)Oc5cc(F)c(F)c(F)c5)c(F)c4)cc3)CC2)CC1. The van der Waals surface area contributed by atoms with Gasteiger partial charge in [0.05, 0.1) is 0 Å². The molecule has 2 atom stereocenters. The highest BCUT2D eigenvalue weighted by Gasteiger charge is 2.41. The fraction of sp³-hybridized carbons (Fsp3) is 0.471. The van der Waals surface area contributed by atoms with Gasteiger partial charge in [-0.3, -0.25) is 0 Å². The fourth-order valence-electron chi connectivity index (χ4n) is 6.97. The maximum Gasteiger partial charge on any atom is 0.432 e. The molecule has 5 rings (SSSR count). The third-order valence-electron chi connectivity index (χ3n) is 9.40. The second-order valence-corrected chi connectivity index (χ2v) is 11.9. The van der Waals surface area contributed by atoms with Crippen LogP contribution in [0.15, 0.2) is 48.5 Å². The van der Waals surface area contributed by atoms with Crippen LogP contribution in [0.25, 0.3) is 11.1 Å². The van der Waals surface area contributed by atoms with E-state index in [4.69, 9.17) is 0 Å². The summed E-state index contributed by atoms with van der Waals surface area (Å²) in [5.41, 5.74) is -0.0610. The van der Waals surface area contributed by atoms with Crippen LogP contribution in [0.5, 0.6) is 5.75 Å². The summed E-state index contributed by atoms with van der Waals surface area (Å²) in [5, 5.41) is 0. The van der Waals surface area contributed by atoms with Crippen molar-refractivity contribution in [3.05, 3.63) is 88.7 Å². The van der Waals surface area contributed by atoms with Gasteiger partial charge < -0.3 is 4.74 Å². The minimum absolute atomic E-state index is 0.0532. The van der Waals surface area contributed by atoms with E-state index in [1.165, 1.54) is 51.4 Å². The average Bonchev–Trinajstić information content (AvgIpc) is 3.21. The van der Waals surface area contributed by atoms with Crippen molar-refractivity contribution in [3.63, 3.8) is 0 Å². The Bertz CT molecular complexity index is 1330. The van der Waals surface area contributed by atoms with Crippen LogP contribution in [0.1, 0.15) is 88.2 Å². The van der Waals surface area contributed by atoms with Crippen molar-refractivity contribution < 1.29 is 35.5 Å². The first kappa shape index (κ1) is 30.4. The number of ether oxygens (including phenoxy) is 1. The molecule has 226 valence electrons. The summed E-state index contributed by atoms with van der Waals surface area (Å²) in [6, 6.07) is 9.17. The highest BCUT2D eigenvalue weighted by atomic mass is 19.3. The Hall–Kier alpha value is -3.03. The summed E-state index contributed by atoms with van der Waals surface area (Å²) in [6.45, 7) is 2.29. The lowest BCUT2D eigenvalue weighted by Gasteiger charge is -2.34. The molecule has 0 aromatic heterocycles. The zero-order chi connectivity index (χ0) is 30.0. The Morgan fingerprint density at radius 3 is 1.83 bits per heavy atom. The summed E-state index contributed by atoms with van der Waals surface area (Å²) in [5.74, 6) is -6.85. The molecule has 0 N–H and O–H groups in total. The van der Waals surface area contributed by atoms with Crippen LogP contribution < -0.4 is 4.74 Å². The van der Waals surface area contributed by atoms with E-state index in [2.05, 4.69) is 11.7 Å². The maximum absolute atomic E-state index is 14.8. The minimum atomic E-state index is -4.62. The Morgan fingerprint density at radius 2 is 1.24 bits per heavy atom. The lowest BCUT2D eigenvalue weighted by molar-refractivity contribution is -0.189. The molecule has 0 aliphatic heterocycles. The van der Waals surface area contributed by atoms with Gasteiger partial charge in [-0.15, -0.1) is 0 Å². The molecule has 0 bridgehead atoms. The molecule has 2 saturated carbocycles. The van der Waals surface area contributed by atoms with Gasteiger partial charge in [0.15, 0.2) is 17.5 Å². The molecule has 0 spiro atoms. The molecule has 42 heavy (non-hydrogen) atoms. The molecule has 3 aromatic rings. The second-order valence-electron chi connectivity index (χ2n) is 11.9. The van der Waals surface area contributed by atoms with E-state index in [1.807, 2.05) is 12.1 Å². The fourth-order valence-corrected chi connectivity index (χ4v) is 6.97. The first-order valence-electron chi connectivity index (χ1n) is 14.9. The van der Waals surface area contributed by atoms with Gasteiger partial charge in [0.2, 0.25) is 0 Å². The molecular weight excluding hydrogens is 557 g/mol. The molecule has 0 heterocycles. The van der Waals surface area contributed by atoms with Crippen LogP contribution in [0, 0.1) is 46.8 Å². The van der Waals surface area contributed by atoms with E-state index in [0.717, 1.165) is 48.3 Å². The molecule has 1 nitrogen and oxygen atoms in total. The molecule has 2 aliphatic carbocycles. The van der Waals surface area contributed by atoms with Crippen LogP contribution in [-0.2, 0) is 6.11 Å². The Balaban J connectivity index is 1.25. The van der Waals surface area contributed by atoms with Gasteiger partial charge >= 0.3 is 6.11 Å². The van der Waals surface area contributed by atoms with Crippen molar-refractivity contribution in [2.75, 3.05) is 0 Å². The first-order valence-corrected chi connectivity index (χ1v) is 14.9. The standard InChI is InChI=1S/C34H35F7O/c1-2-20-4-3-5-21(7-6-20)22-8-10-23(11-9-22)24-12-14-25(15-13-24)26-16-28(35)32(29(36)17-26)34(40,41)42-27-18-30(37)33(39)31(38)19-27/h12-23H,2-11H2,1H3. The molecule has 8 heteroatoms. The van der Waals surface area contributed by atoms with Crippen LogP contribution in [0.3, 0.4) is 0 Å². The van der Waals surface area contributed by atoms with Gasteiger partial charge in [-0.2, -0.15) is 8.78 Å². The third kappa shape index (κ3) is 6.63. The second kappa shape index (κ2) is 12.7. The number of hydrogen-bond donors (Lipinski definition) is 0. The summed E-state index contributed by atoms with van der Waals surface area (Å²) in [7, 11) is 0. The van der Waals surface area contributed by atoms with Crippen LogP contribution in [0.2, 0.25) is 0 Å². The summed E-state index contributed by atoms with van der Waals surface area (Å²) in [6.07, 6.45) is 8.01. The molecule has 0 saturated heterocycles. The van der Waals surface area contributed by atoms with E-state index in [-0.39, 0.29) is 17.7 Å². The van der Waals surface area contributed by atoms with Gasteiger partial charge in [0.25, 0.3) is 0 Å². The molecule has 0 amide bonds. The van der Waals surface area contributed by atoms with E-state index < -0.39 is 46.5 Å². The summed E-state index contributed by atoms with van der Waals surface area (Å²) in [4.78, 5) is 0. The van der Waals surface area contributed by atoms with Crippen molar-refractivity contribution in [2.24, 2.45) is 17.8 Å². The van der Waals surface area contributed by atoms with Gasteiger partial charge in [0.1, 0.15) is 22.9 Å². The summed E-state index contributed by atoms with van der Waals surface area (Å²) >= 11 is 0. The smallest absolute Gasteiger partial charge is 0.429 e. The number of halogens is 7. The normalized spacial score (nSPS) is 23.4. The van der Waals surface area contributed by atoms with E-state index in [0.29, 0.717) is 11.5 Å².